The van der Waals surface area contributed by atoms with Crippen molar-refractivity contribution in [2.45, 2.75) is 6.92 Å². The molecule has 2 heterocycles. The highest BCUT2D eigenvalue weighted by molar-refractivity contribution is 5.58. The first kappa shape index (κ1) is 9.84. The van der Waals surface area contributed by atoms with Crippen LogP contribution in [0.25, 0.3) is 23.0 Å². The third kappa shape index (κ3) is 1.85. The summed E-state index contributed by atoms with van der Waals surface area (Å²) in [5, 5.41) is 3.98. The molecule has 0 aliphatic heterocycles. The van der Waals surface area contributed by atoms with E-state index in [1.54, 1.807) is 0 Å². The van der Waals surface area contributed by atoms with Gasteiger partial charge in [-0.05, 0) is 25.1 Å². The van der Waals surface area contributed by atoms with E-state index in [2.05, 4.69) is 15.1 Å². The number of benzene rings is 1. The van der Waals surface area contributed by atoms with Gasteiger partial charge in [0.25, 0.3) is 5.89 Å². The number of aromatic amines is 1. The summed E-state index contributed by atoms with van der Waals surface area (Å²) in [6, 6.07) is 11.8. The van der Waals surface area contributed by atoms with Gasteiger partial charge in [-0.2, -0.15) is 4.98 Å². The monoisotopic (exact) mass is 225 g/mol. The summed E-state index contributed by atoms with van der Waals surface area (Å²) in [4.78, 5) is 7.39. The molecule has 2 aromatic heterocycles. The SMILES string of the molecule is Cc1cccc(-c2noc(-c3ccc[nH]3)n2)c1. The minimum atomic E-state index is 0.506. The molecular weight excluding hydrogens is 214 g/mol. The van der Waals surface area contributed by atoms with E-state index in [1.165, 1.54) is 5.56 Å². The molecule has 1 N–H and O–H groups in total. The van der Waals surface area contributed by atoms with Crippen LogP contribution in [0.1, 0.15) is 5.56 Å². The maximum absolute atomic E-state index is 5.21. The van der Waals surface area contributed by atoms with Gasteiger partial charge in [-0.15, -0.1) is 0 Å². The molecule has 0 aliphatic rings. The van der Waals surface area contributed by atoms with Crippen LogP contribution in [0, 0.1) is 6.92 Å². The van der Waals surface area contributed by atoms with Crippen molar-refractivity contribution >= 4 is 0 Å². The first-order valence-corrected chi connectivity index (χ1v) is 5.37. The molecule has 0 fully saturated rings. The quantitative estimate of drug-likeness (QED) is 0.729. The highest BCUT2D eigenvalue weighted by atomic mass is 16.5. The zero-order valence-corrected chi connectivity index (χ0v) is 9.34. The molecule has 1 aromatic carbocycles. The van der Waals surface area contributed by atoms with Crippen LogP contribution in [0.2, 0.25) is 0 Å². The lowest BCUT2D eigenvalue weighted by atomic mass is 10.1. The Labute approximate surface area is 98.3 Å². The molecule has 84 valence electrons. The molecular formula is C13H11N3O. The van der Waals surface area contributed by atoms with Crippen molar-refractivity contribution in [3.05, 3.63) is 48.2 Å². The molecule has 3 aromatic rings. The summed E-state index contributed by atoms with van der Waals surface area (Å²) in [6.45, 7) is 2.04. The fourth-order valence-electron chi connectivity index (χ4n) is 1.70. The van der Waals surface area contributed by atoms with Crippen molar-refractivity contribution in [3.63, 3.8) is 0 Å². The number of aromatic nitrogens is 3. The van der Waals surface area contributed by atoms with Crippen LogP contribution in [0.15, 0.2) is 47.1 Å². The molecule has 17 heavy (non-hydrogen) atoms. The first-order valence-electron chi connectivity index (χ1n) is 5.37. The predicted octanol–water partition coefficient (Wildman–Crippen LogP) is 3.04. The van der Waals surface area contributed by atoms with Crippen LogP contribution in [0.3, 0.4) is 0 Å². The standard InChI is InChI=1S/C13H11N3O/c1-9-4-2-5-10(8-9)12-15-13(17-16-12)11-6-3-7-14-11/h2-8,14H,1H3. The molecule has 0 bridgehead atoms. The van der Waals surface area contributed by atoms with Crippen LogP contribution < -0.4 is 0 Å². The number of hydrogen-bond acceptors (Lipinski definition) is 3. The first-order chi connectivity index (χ1) is 8.33. The van der Waals surface area contributed by atoms with Crippen molar-refractivity contribution < 1.29 is 4.52 Å². The van der Waals surface area contributed by atoms with Crippen molar-refractivity contribution in [2.75, 3.05) is 0 Å². The lowest BCUT2D eigenvalue weighted by Gasteiger charge is -1.94. The van der Waals surface area contributed by atoms with E-state index in [0.29, 0.717) is 11.7 Å². The van der Waals surface area contributed by atoms with E-state index in [1.807, 2.05) is 49.5 Å². The molecule has 0 saturated heterocycles. The number of nitrogens with zero attached hydrogens (tertiary/aromatic N) is 2. The van der Waals surface area contributed by atoms with Gasteiger partial charge in [-0.25, -0.2) is 0 Å². The highest BCUT2D eigenvalue weighted by Gasteiger charge is 2.10. The van der Waals surface area contributed by atoms with Crippen molar-refractivity contribution in [1.82, 2.24) is 15.1 Å². The van der Waals surface area contributed by atoms with Crippen LogP contribution >= 0.6 is 0 Å². The Hall–Kier alpha value is -2.36. The molecule has 0 radical (unpaired) electrons. The molecule has 0 unspecified atom stereocenters. The third-order valence-corrected chi connectivity index (χ3v) is 2.53. The summed E-state index contributed by atoms with van der Waals surface area (Å²) in [7, 11) is 0. The van der Waals surface area contributed by atoms with Crippen LogP contribution in [0.4, 0.5) is 0 Å². The minimum absolute atomic E-state index is 0.506. The Kier molecular flexibility index (Phi) is 2.26. The van der Waals surface area contributed by atoms with Gasteiger partial charge in [0.1, 0.15) is 5.69 Å². The third-order valence-electron chi connectivity index (χ3n) is 2.53. The van der Waals surface area contributed by atoms with Gasteiger partial charge in [0.2, 0.25) is 5.82 Å². The molecule has 0 spiro atoms. The molecule has 4 nitrogen and oxygen atoms in total. The smallest absolute Gasteiger partial charge is 0.274 e. The number of H-pyrrole nitrogens is 1. The summed E-state index contributed by atoms with van der Waals surface area (Å²) in [5.41, 5.74) is 2.97. The van der Waals surface area contributed by atoms with E-state index in [-0.39, 0.29) is 0 Å². The van der Waals surface area contributed by atoms with Gasteiger partial charge in [0.05, 0.1) is 0 Å². The number of hydrogen-bond donors (Lipinski definition) is 1. The Balaban J connectivity index is 2.01. The van der Waals surface area contributed by atoms with Crippen molar-refractivity contribution in [3.8, 4) is 23.0 Å². The molecule has 4 heteroatoms. The van der Waals surface area contributed by atoms with E-state index >= 15 is 0 Å². The summed E-state index contributed by atoms with van der Waals surface area (Å²) < 4.78 is 5.21. The largest absolute Gasteiger partial charge is 0.357 e. The molecule has 0 atom stereocenters. The maximum Gasteiger partial charge on any atom is 0.274 e. The molecule has 0 aliphatic carbocycles. The molecule has 0 saturated carbocycles. The second-order valence-electron chi connectivity index (χ2n) is 3.88. The average molecular weight is 225 g/mol. The second kappa shape index (κ2) is 3.90. The Morgan fingerprint density at radius 1 is 1.18 bits per heavy atom. The van der Waals surface area contributed by atoms with E-state index in [9.17, 15) is 0 Å². The zero-order valence-electron chi connectivity index (χ0n) is 9.34. The number of aryl methyl sites for hydroxylation is 1. The van der Waals surface area contributed by atoms with Gasteiger partial charge in [-0.3, -0.25) is 0 Å². The van der Waals surface area contributed by atoms with Crippen LogP contribution in [-0.2, 0) is 0 Å². The van der Waals surface area contributed by atoms with Gasteiger partial charge in [0, 0.05) is 11.8 Å². The van der Waals surface area contributed by atoms with E-state index in [4.69, 9.17) is 4.52 Å². The normalized spacial score (nSPS) is 10.6. The fraction of sp³-hybridized carbons (Fsp3) is 0.0769. The highest BCUT2D eigenvalue weighted by Crippen LogP contribution is 2.21. The summed E-state index contributed by atoms with van der Waals surface area (Å²) in [6.07, 6.45) is 1.83. The second-order valence-corrected chi connectivity index (χ2v) is 3.88. The van der Waals surface area contributed by atoms with E-state index < -0.39 is 0 Å². The molecule has 3 rings (SSSR count). The Morgan fingerprint density at radius 3 is 2.88 bits per heavy atom. The Bertz CT molecular complexity index is 626. The summed E-state index contributed by atoms with van der Waals surface area (Å²) in [5.74, 6) is 1.12. The van der Waals surface area contributed by atoms with Crippen molar-refractivity contribution in [2.24, 2.45) is 0 Å². The van der Waals surface area contributed by atoms with Gasteiger partial charge < -0.3 is 9.51 Å². The number of rotatable bonds is 2. The fourth-order valence-corrected chi connectivity index (χ4v) is 1.70. The number of nitrogens with one attached hydrogen (secondary N) is 1. The zero-order chi connectivity index (χ0) is 11.7. The lowest BCUT2D eigenvalue weighted by Crippen LogP contribution is -1.82. The van der Waals surface area contributed by atoms with E-state index in [0.717, 1.165) is 11.3 Å². The topological polar surface area (TPSA) is 54.7 Å². The van der Waals surface area contributed by atoms with Crippen LogP contribution in [0.5, 0.6) is 0 Å². The van der Waals surface area contributed by atoms with Gasteiger partial charge in [-0.1, -0.05) is 28.9 Å². The van der Waals surface area contributed by atoms with Gasteiger partial charge >= 0.3 is 0 Å². The lowest BCUT2D eigenvalue weighted by molar-refractivity contribution is 0.431. The predicted molar refractivity (Wildman–Crippen MR) is 64.3 cm³/mol. The summed E-state index contributed by atoms with van der Waals surface area (Å²) >= 11 is 0. The average Bonchev–Trinajstić information content (AvgIpc) is 3.00. The van der Waals surface area contributed by atoms with Crippen LogP contribution in [-0.4, -0.2) is 15.1 Å². The maximum atomic E-state index is 5.21. The van der Waals surface area contributed by atoms with Crippen molar-refractivity contribution in [1.29, 1.82) is 0 Å². The van der Waals surface area contributed by atoms with Gasteiger partial charge in [0.15, 0.2) is 0 Å². The molecule has 0 amide bonds. The minimum Gasteiger partial charge on any atom is -0.357 e. The Morgan fingerprint density at radius 2 is 2.12 bits per heavy atom.